The van der Waals surface area contributed by atoms with Crippen LogP contribution in [0.4, 0.5) is 0 Å². The number of nitrogens with two attached hydrogens (primary N) is 1. The van der Waals surface area contributed by atoms with E-state index < -0.39 is 0 Å². The SMILES string of the molecule is CCCc1cc(-c2ccc(C(=N)N)cc2)ccc1OCCOc1ccc2c(c1)Oc1cc(O)ccc1C2(C)C. The van der Waals surface area contributed by atoms with Crippen molar-refractivity contribution in [3.63, 3.8) is 0 Å². The van der Waals surface area contributed by atoms with Gasteiger partial charge in [0.1, 0.15) is 47.8 Å². The van der Waals surface area contributed by atoms with Crippen molar-refractivity contribution in [3.05, 3.63) is 101 Å². The molecule has 200 valence electrons. The topological polar surface area (TPSA) is 97.8 Å². The molecule has 0 spiro atoms. The Morgan fingerprint density at radius 3 is 2.23 bits per heavy atom. The maximum Gasteiger partial charge on any atom is 0.135 e. The molecule has 0 aromatic heterocycles. The van der Waals surface area contributed by atoms with Gasteiger partial charge in [-0.2, -0.15) is 0 Å². The van der Waals surface area contributed by atoms with Crippen molar-refractivity contribution in [3.8, 4) is 39.9 Å². The third kappa shape index (κ3) is 5.41. The summed E-state index contributed by atoms with van der Waals surface area (Å²) >= 11 is 0. The molecule has 4 aromatic rings. The van der Waals surface area contributed by atoms with Gasteiger partial charge in [-0.15, -0.1) is 0 Å². The number of ether oxygens (including phenoxy) is 3. The molecule has 0 unspecified atom stereocenters. The van der Waals surface area contributed by atoms with E-state index in [0.717, 1.165) is 52.2 Å². The second-order valence-corrected chi connectivity index (χ2v) is 10.3. The first kappa shape index (κ1) is 26.2. The molecular weight excluding hydrogens is 488 g/mol. The predicted octanol–water partition coefficient (Wildman–Crippen LogP) is 7.19. The number of nitrogen functional groups attached to an aromatic ring is 1. The van der Waals surface area contributed by atoms with Crippen molar-refractivity contribution in [1.82, 2.24) is 0 Å². The van der Waals surface area contributed by atoms with E-state index in [9.17, 15) is 5.11 Å². The molecule has 5 rings (SSSR count). The second kappa shape index (κ2) is 10.7. The lowest BCUT2D eigenvalue weighted by atomic mass is 9.76. The van der Waals surface area contributed by atoms with Crippen LogP contribution in [0, 0.1) is 5.41 Å². The first-order valence-corrected chi connectivity index (χ1v) is 13.3. The Morgan fingerprint density at radius 2 is 1.51 bits per heavy atom. The first-order valence-electron chi connectivity index (χ1n) is 13.3. The van der Waals surface area contributed by atoms with Gasteiger partial charge in [-0.25, -0.2) is 0 Å². The molecule has 6 heteroatoms. The number of aromatic hydroxyl groups is 1. The fourth-order valence-corrected chi connectivity index (χ4v) is 5.09. The van der Waals surface area contributed by atoms with Gasteiger partial charge >= 0.3 is 0 Å². The van der Waals surface area contributed by atoms with E-state index in [1.165, 1.54) is 0 Å². The summed E-state index contributed by atoms with van der Waals surface area (Å²) in [6, 6.07) is 25.1. The van der Waals surface area contributed by atoms with Gasteiger partial charge in [0.2, 0.25) is 0 Å². The average Bonchev–Trinajstić information content (AvgIpc) is 2.91. The number of amidine groups is 1. The van der Waals surface area contributed by atoms with E-state index in [1.54, 1.807) is 12.1 Å². The normalized spacial score (nSPS) is 13.1. The molecule has 0 atom stereocenters. The summed E-state index contributed by atoms with van der Waals surface area (Å²) in [5, 5.41) is 17.5. The molecule has 1 aliphatic rings. The summed E-state index contributed by atoms with van der Waals surface area (Å²) < 4.78 is 18.3. The molecule has 4 aromatic carbocycles. The van der Waals surface area contributed by atoms with E-state index in [2.05, 4.69) is 32.9 Å². The minimum Gasteiger partial charge on any atom is -0.508 e. The lowest BCUT2D eigenvalue weighted by molar-refractivity contribution is 0.215. The van der Waals surface area contributed by atoms with Gasteiger partial charge in [-0.1, -0.05) is 69.7 Å². The van der Waals surface area contributed by atoms with Gasteiger partial charge in [0.15, 0.2) is 0 Å². The van der Waals surface area contributed by atoms with Gasteiger partial charge in [0.05, 0.1) is 0 Å². The quantitative estimate of drug-likeness (QED) is 0.123. The van der Waals surface area contributed by atoms with Crippen molar-refractivity contribution in [2.45, 2.75) is 39.0 Å². The van der Waals surface area contributed by atoms with E-state index >= 15 is 0 Å². The highest BCUT2D eigenvalue weighted by molar-refractivity contribution is 5.95. The number of hydrogen-bond acceptors (Lipinski definition) is 5. The lowest BCUT2D eigenvalue weighted by Crippen LogP contribution is -2.24. The third-order valence-electron chi connectivity index (χ3n) is 7.20. The zero-order valence-corrected chi connectivity index (χ0v) is 22.6. The molecule has 0 saturated heterocycles. The van der Waals surface area contributed by atoms with Gasteiger partial charge in [-0.3, -0.25) is 5.41 Å². The van der Waals surface area contributed by atoms with Crippen molar-refractivity contribution in [2.24, 2.45) is 5.73 Å². The summed E-state index contributed by atoms with van der Waals surface area (Å²) in [5.74, 6) is 3.20. The van der Waals surface area contributed by atoms with Crippen LogP contribution in [0.5, 0.6) is 28.7 Å². The Labute approximate surface area is 229 Å². The average molecular weight is 523 g/mol. The molecule has 1 heterocycles. The second-order valence-electron chi connectivity index (χ2n) is 10.3. The van der Waals surface area contributed by atoms with Crippen LogP contribution >= 0.6 is 0 Å². The molecule has 0 aliphatic carbocycles. The van der Waals surface area contributed by atoms with Gasteiger partial charge in [0.25, 0.3) is 0 Å². The van der Waals surface area contributed by atoms with Crippen LogP contribution in [0.1, 0.15) is 49.4 Å². The number of phenolic OH excluding ortho intramolecular Hbond substituents is 1. The van der Waals surface area contributed by atoms with Crippen LogP contribution in [0.15, 0.2) is 78.9 Å². The summed E-state index contributed by atoms with van der Waals surface area (Å²) in [4.78, 5) is 0. The van der Waals surface area contributed by atoms with Gasteiger partial charge in [0, 0.05) is 34.2 Å². The minimum atomic E-state index is -0.254. The van der Waals surface area contributed by atoms with Crippen LogP contribution in [0.25, 0.3) is 11.1 Å². The molecule has 0 bridgehead atoms. The van der Waals surface area contributed by atoms with Crippen molar-refractivity contribution in [2.75, 3.05) is 13.2 Å². The van der Waals surface area contributed by atoms with Crippen LogP contribution in [-0.2, 0) is 11.8 Å². The Morgan fingerprint density at radius 1 is 0.846 bits per heavy atom. The molecule has 6 nitrogen and oxygen atoms in total. The summed E-state index contributed by atoms with van der Waals surface area (Å²) in [5.41, 5.74) is 11.5. The lowest BCUT2D eigenvalue weighted by Gasteiger charge is -2.34. The van der Waals surface area contributed by atoms with Crippen molar-refractivity contribution >= 4 is 5.84 Å². The largest absolute Gasteiger partial charge is 0.508 e. The molecule has 0 fully saturated rings. The zero-order valence-electron chi connectivity index (χ0n) is 22.6. The molecule has 0 amide bonds. The highest BCUT2D eigenvalue weighted by Crippen LogP contribution is 2.49. The Kier molecular flexibility index (Phi) is 7.20. The Bertz CT molecular complexity index is 1510. The monoisotopic (exact) mass is 522 g/mol. The summed E-state index contributed by atoms with van der Waals surface area (Å²) in [7, 11) is 0. The molecule has 1 aliphatic heterocycles. The van der Waals surface area contributed by atoms with Crippen molar-refractivity contribution in [1.29, 1.82) is 5.41 Å². The standard InChI is InChI=1S/C33H34N2O4/c1-4-5-24-18-23(21-6-8-22(9-7-21)32(34)35)10-15-29(24)38-17-16-37-26-12-14-28-31(20-26)39-30-19-25(36)11-13-27(30)33(28,2)3/h6-15,18-20,36H,4-5,16-17H2,1-3H3,(H3,34,35). The fourth-order valence-electron chi connectivity index (χ4n) is 5.09. The van der Waals surface area contributed by atoms with E-state index in [0.29, 0.717) is 30.3 Å². The minimum absolute atomic E-state index is 0.0663. The summed E-state index contributed by atoms with van der Waals surface area (Å²) in [6.07, 6.45) is 1.91. The zero-order chi connectivity index (χ0) is 27.6. The smallest absolute Gasteiger partial charge is 0.135 e. The van der Waals surface area contributed by atoms with Crippen LogP contribution in [0.3, 0.4) is 0 Å². The fraction of sp³-hybridized carbons (Fsp3) is 0.242. The number of nitrogens with one attached hydrogen (secondary N) is 1. The number of benzene rings is 4. The van der Waals surface area contributed by atoms with E-state index in [4.69, 9.17) is 25.4 Å². The maximum atomic E-state index is 9.92. The Hall–Kier alpha value is -4.45. The van der Waals surface area contributed by atoms with Crippen LogP contribution < -0.4 is 19.9 Å². The van der Waals surface area contributed by atoms with E-state index in [1.807, 2.05) is 54.6 Å². The molecule has 0 saturated carbocycles. The highest BCUT2D eigenvalue weighted by Gasteiger charge is 2.34. The number of hydrogen-bond donors (Lipinski definition) is 3. The summed E-state index contributed by atoms with van der Waals surface area (Å²) in [6.45, 7) is 7.25. The number of phenols is 1. The van der Waals surface area contributed by atoms with Crippen LogP contribution in [0.2, 0.25) is 0 Å². The van der Waals surface area contributed by atoms with Crippen molar-refractivity contribution < 1.29 is 19.3 Å². The van der Waals surface area contributed by atoms with Gasteiger partial charge < -0.3 is 25.1 Å². The number of rotatable bonds is 9. The van der Waals surface area contributed by atoms with Gasteiger partial charge in [-0.05, 0) is 47.4 Å². The predicted molar refractivity (Wildman–Crippen MR) is 155 cm³/mol. The van der Waals surface area contributed by atoms with Crippen LogP contribution in [-0.4, -0.2) is 24.2 Å². The highest BCUT2D eigenvalue weighted by atomic mass is 16.5. The molecule has 39 heavy (non-hydrogen) atoms. The first-order chi connectivity index (χ1) is 18.8. The number of fused-ring (bicyclic) bond motifs is 2. The Balaban J connectivity index is 1.24. The molecular formula is C33H34N2O4. The molecule has 0 radical (unpaired) electrons. The van der Waals surface area contributed by atoms with E-state index in [-0.39, 0.29) is 17.0 Å². The molecule has 4 N–H and O–H groups in total. The maximum absolute atomic E-state index is 9.92. The third-order valence-corrected chi connectivity index (χ3v) is 7.20. The number of aryl methyl sites for hydroxylation is 1.